The maximum atomic E-state index is 11.2. The van der Waals surface area contributed by atoms with Crippen molar-refractivity contribution in [2.24, 2.45) is 5.92 Å². The molecule has 0 spiro atoms. The zero-order valence-electron chi connectivity index (χ0n) is 9.46. The van der Waals surface area contributed by atoms with Gasteiger partial charge in [-0.3, -0.25) is 9.59 Å². The van der Waals surface area contributed by atoms with Crippen molar-refractivity contribution in [2.75, 3.05) is 27.2 Å². The van der Waals surface area contributed by atoms with E-state index in [1.165, 1.54) is 0 Å². The minimum atomic E-state index is -0.0306. The first kappa shape index (κ1) is 13.1. The minimum absolute atomic E-state index is 0.0306. The molecule has 1 N–H and O–H groups in total. The number of ketones is 1. The van der Waals surface area contributed by atoms with Crippen molar-refractivity contribution in [1.29, 1.82) is 0 Å². The molecule has 0 saturated heterocycles. The highest BCUT2D eigenvalue weighted by Crippen LogP contribution is 1.99. The Balaban J connectivity index is 3.76. The molecule has 0 aromatic rings. The van der Waals surface area contributed by atoms with Gasteiger partial charge in [-0.15, -0.1) is 0 Å². The average Bonchev–Trinajstić information content (AvgIpc) is 2.13. The number of hydrogen-bond donors (Lipinski definition) is 1. The quantitative estimate of drug-likeness (QED) is 0.670. The summed E-state index contributed by atoms with van der Waals surface area (Å²) in [6.45, 7) is 4.86. The molecule has 1 atom stereocenters. The molecule has 4 nitrogen and oxygen atoms in total. The molecule has 0 saturated carbocycles. The van der Waals surface area contributed by atoms with E-state index in [1.807, 2.05) is 18.9 Å². The van der Waals surface area contributed by atoms with Crippen LogP contribution < -0.4 is 5.32 Å². The predicted octanol–water partition coefficient (Wildman–Crippen LogP) is 0.279. The topological polar surface area (TPSA) is 49.4 Å². The van der Waals surface area contributed by atoms with Crippen molar-refractivity contribution in [3.05, 3.63) is 0 Å². The van der Waals surface area contributed by atoms with Crippen molar-refractivity contribution in [1.82, 2.24) is 10.2 Å². The summed E-state index contributed by atoms with van der Waals surface area (Å²) in [5.74, 6) is 0.195. The van der Waals surface area contributed by atoms with E-state index in [9.17, 15) is 9.59 Å². The van der Waals surface area contributed by atoms with Crippen LogP contribution in [-0.2, 0) is 9.59 Å². The lowest BCUT2D eigenvalue weighted by atomic mass is 10.1. The molecule has 82 valence electrons. The molecule has 0 aliphatic carbocycles. The summed E-state index contributed by atoms with van der Waals surface area (Å²) in [6.07, 6.45) is 0.553. The van der Waals surface area contributed by atoms with Crippen LogP contribution in [0.15, 0.2) is 0 Å². The second-order valence-corrected chi connectivity index (χ2v) is 3.73. The highest BCUT2D eigenvalue weighted by atomic mass is 16.1. The maximum absolute atomic E-state index is 11.2. The van der Waals surface area contributed by atoms with Gasteiger partial charge >= 0.3 is 0 Å². The molecule has 14 heavy (non-hydrogen) atoms. The number of Topliss-reactive ketones (excluding diaryl/α,β-unsaturated/α-hetero) is 1. The Morgan fingerprint density at radius 2 is 2.00 bits per heavy atom. The summed E-state index contributed by atoms with van der Waals surface area (Å²) >= 11 is 0. The molecule has 0 aromatic carbocycles. The zero-order valence-corrected chi connectivity index (χ0v) is 9.46. The Labute approximate surface area is 85.7 Å². The number of nitrogens with one attached hydrogen (secondary N) is 1. The van der Waals surface area contributed by atoms with Gasteiger partial charge in [-0.2, -0.15) is 0 Å². The number of nitrogens with zero attached hydrogens (tertiary/aromatic N) is 1. The van der Waals surface area contributed by atoms with Crippen molar-refractivity contribution in [2.45, 2.75) is 20.3 Å². The van der Waals surface area contributed by atoms with E-state index in [4.69, 9.17) is 0 Å². The minimum Gasteiger partial charge on any atom is -0.359 e. The average molecular weight is 200 g/mol. The molecule has 0 bridgehead atoms. The smallest absolute Gasteiger partial charge is 0.223 e. The Morgan fingerprint density at radius 3 is 2.43 bits per heavy atom. The first-order chi connectivity index (χ1) is 6.47. The van der Waals surface area contributed by atoms with Gasteiger partial charge in [0, 0.05) is 32.5 Å². The van der Waals surface area contributed by atoms with Crippen molar-refractivity contribution in [3.63, 3.8) is 0 Å². The fraction of sp³-hybridized carbons (Fsp3) is 0.800. The van der Waals surface area contributed by atoms with Gasteiger partial charge in [0.15, 0.2) is 0 Å². The molecular formula is C10H20N2O2. The van der Waals surface area contributed by atoms with Crippen LogP contribution in [0.1, 0.15) is 20.3 Å². The summed E-state index contributed by atoms with van der Waals surface area (Å²) in [6, 6.07) is 0. The van der Waals surface area contributed by atoms with E-state index >= 15 is 0 Å². The molecule has 1 unspecified atom stereocenters. The lowest BCUT2D eigenvalue weighted by Gasteiger charge is -2.19. The molecule has 0 fully saturated rings. The van der Waals surface area contributed by atoms with Gasteiger partial charge in [-0.1, -0.05) is 6.92 Å². The molecule has 0 aliphatic rings. The van der Waals surface area contributed by atoms with Crippen LogP contribution in [0, 0.1) is 5.92 Å². The molecule has 1 amide bonds. The molecule has 0 radical (unpaired) electrons. The van der Waals surface area contributed by atoms with Gasteiger partial charge in [-0.25, -0.2) is 0 Å². The Morgan fingerprint density at radius 1 is 1.43 bits per heavy atom. The Bertz CT molecular complexity index is 204. The SMILES string of the molecule is CNC(=O)C(C)CN(C)CCC(C)=O. The third kappa shape index (κ3) is 5.70. The van der Waals surface area contributed by atoms with Crippen molar-refractivity contribution >= 4 is 11.7 Å². The van der Waals surface area contributed by atoms with Crippen molar-refractivity contribution < 1.29 is 9.59 Å². The van der Waals surface area contributed by atoms with Gasteiger partial charge in [-0.05, 0) is 14.0 Å². The molecular weight excluding hydrogens is 180 g/mol. The lowest BCUT2D eigenvalue weighted by molar-refractivity contribution is -0.124. The first-order valence-corrected chi connectivity index (χ1v) is 4.87. The van der Waals surface area contributed by atoms with E-state index in [0.29, 0.717) is 13.0 Å². The third-order valence-electron chi connectivity index (χ3n) is 2.13. The van der Waals surface area contributed by atoms with Crippen LogP contribution >= 0.6 is 0 Å². The van der Waals surface area contributed by atoms with E-state index in [-0.39, 0.29) is 17.6 Å². The molecule has 0 aliphatic heterocycles. The third-order valence-corrected chi connectivity index (χ3v) is 2.13. The Hall–Kier alpha value is -0.900. The fourth-order valence-corrected chi connectivity index (χ4v) is 1.24. The highest BCUT2D eigenvalue weighted by molar-refractivity contribution is 5.78. The number of rotatable bonds is 6. The number of carbonyl (C=O) groups is 2. The predicted molar refractivity (Wildman–Crippen MR) is 56.0 cm³/mol. The molecule has 0 aromatic heterocycles. The summed E-state index contributed by atoms with van der Waals surface area (Å²) in [5.41, 5.74) is 0. The van der Waals surface area contributed by atoms with Crippen LogP contribution in [0.25, 0.3) is 0 Å². The summed E-state index contributed by atoms with van der Waals surface area (Å²) < 4.78 is 0. The van der Waals surface area contributed by atoms with Crippen LogP contribution in [-0.4, -0.2) is 43.8 Å². The van der Waals surface area contributed by atoms with Gasteiger partial charge in [0.2, 0.25) is 5.91 Å². The fourth-order valence-electron chi connectivity index (χ4n) is 1.24. The standard InChI is InChI=1S/C10H20N2O2/c1-8(10(14)11-3)7-12(4)6-5-9(2)13/h8H,5-7H2,1-4H3,(H,11,14). The van der Waals surface area contributed by atoms with E-state index < -0.39 is 0 Å². The van der Waals surface area contributed by atoms with Crippen molar-refractivity contribution in [3.8, 4) is 0 Å². The van der Waals surface area contributed by atoms with Crippen LogP contribution in [0.4, 0.5) is 0 Å². The highest BCUT2D eigenvalue weighted by Gasteiger charge is 2.13. The Kier molecular flexibility index (Phi) is 6.12. The summed E-state index contributed by atoms with van der Waals surface area (Å²) in [7, 11) is 3.55. The van der Waals surface area contributed by atoms with Gasteiger partial charge in [0.25, 0.3) is 0 Å². The first-order valence-electron chi connectivity index (χ1n) is 4.87. The van der Waals surface area contributed by atoms with Gasteiger partial charge < -0.3 is 10.2 Å². The largest absolute Gasteiger partial charge is 0.359 e. The van der Waals surface area contributed by atoms with Gasteiger partial charge in [0.1, 0.15) is 5.78 Å². The monoisotopic (exact) mass is 200 g/mol. The molecule has 0 rings (SSSR count). The summed E-state index contributed by atoms with van der Waals surface area (Å²) in [5, 5.41) is 2.60. The van der Waals surface area contributed by atoms with E-state index in [1.54, 1.807) is 14.0 Å². The normalized spacial score (nSPS) is 12.6. The van der Waals surface area contributed by atoms with E-state index in [0.717, 1.165) is 6.54 Å². The van der Waals surface area contributed by atoms with Crippen LogP contribution in [0.2, 0.25) is 0 Å². The van der Waals surface area contributed by atoms with Crippen LogP contribution in [0.3, 0.4) is 0 Å². The number of hydrogen-bond acceptors (Lipinski definition) is 3. The van der Waals surface area contributed by atoms with E-state index in [2.05, 4.69) is 5.32 Å². The molecule has 0 heterocycles. The molecule has 4 heteroatoms. The summed E-state index contributed by atoms with van der Waals surface area (Å²) in [4.78, 5) is 23.9. The number of carbonyl (C=O) groups excluding carboxylic acids is 2. The van der Waals surface area contributed by atoms with Gasteiger partial charge in [0.05, 0.1) is 0 Å². The van der Waals surface area contributed by atoms with Crippen LogP contribution in [0.5, 0.6) is 0 Å². The lowest BCUT2D eigenvalue weighted by Crippen LogP contribution is -2.35. The second-order valence-electron chi connectivity index (χ2n) is 3.73. The second kappa shape index (κ2) is 6.54. The zero-order chi connectivity index (χ0) is 11.1. The maximum Gasteiger partial charge on any atom is 0.223 e. The number of amides is 1.